The smallest absolute Gasteiger partial charge is 0.139 e. The molecule has 0 radical (unpaired) electrons. The molecule has 1 aliphatic heterocycles. The molecule has 3 nitrogen and oxygen atoms in total. The fourth-order valence-electron chi connectivity index (χ4n) is 0.994. The number of ether oxygens (including phenoxy) is 1. The van der Waals surface area contributed by atoms with Gasteiger partial charge in [0.15, 0.2) is 0 Å². The number of rotatable bonds is 0. The standard InChI is InChI=1S/C9H7NO2/c11-8-2-1-7-6-10-3-4-12-9(7)5-8/h1-6,11H. The van der Waals surface area contributed by atoms with Gasteiger partial charge in [0.1, 0.15) is 17.8 Å². The highest BCUT2D eigenvalue weighted by atomic mass is 16.5. The zero-order chi connectivity index (χ0) is 8.39. The average molecular weight is 161 g/mol. The number of benzene rings is 1. The van der Waals surface area contributed by atoms with Gasteiger partial charge in [0.05, 0.1) is 6.20 Å². The van der Waals surface area contributed by atoms with Gasteiger partial charge in [-0.05, 0) is 12.1 Å². The van der Waals surface area contributed by atoms with Gasteiger partial charge in [-0.2, -0.15) is 0 Å². The molecule has 0 aromatic heterocycles. The van der Waals surface area contributed by atoms with Crippen LogP contribution < -0.4 is 4.74 Å². The van der Waals surface area contributed by atoms with Crippen LogP contribution in [0.4, 0.5) is 0 Å². The van der Waals surface area contributed by atoms with Crippen molar-refractivity contribution in [1.82, 2.24) is 0 Å². The summed E-state index contributed by atoms with van der Waals surface area (Å²) in [5.41, 5.74) is 0.859. The summed E-state index contributed by atoms with van der Waals surface area (Å²) in [5.74, 6) is 0.810. The van der Waals surface area contributed by atoms with Crippen LogP contribution in [0.2, 0.25) is 0 Å². The highest BCUT2D eigenvalue weighted by Gasteiger charge is 2.02. The summed E-state index contributed by atoms with van der Waals surface area (Å²) in [6.45, 7) is 0. The molecule has 60 valence electrons. The predicted octanol–water partition coefficient (Wildman–Crippen LogP) is 1.67. The lowest BCUT2D eigenvalue weighted by molar-refractivity contribution is 0.454. The highest BCUT2D eigenvalue weighted by molar-refractivity contribution is 5.84. The van der Waals surface area contributed by atoms with Crippen LogP contribution in [0.5, 0.6) is 11.5 Å². The van der Waals surface area contributed by atoms with Crippen molar-refractivity contribution in [3.8, 4) is 11.5 Å². The van der Waals surface area contributed by atoms with E-state index in [0.29, 0.717) is 5.75 Å². The maximum atomic E-state index is 9.13. The maximum Gasteiger partial charge on any atom is 0.139 e. The Morgan fingerprint density at radius 1 is 1.33 bits per heavy atom. The summed E-state index contributed by atoms with van der Waals surface area (Å²) in [6, 6.07) is 4.90. The number of nitrogens with zero attached hydrogens (tertiary/aromatic N) is 1. The Kier molecular flexibility index (Phi) is 1.55. The molecule has 0 spiro atoms. The Bertz CT molecular complexity index is 356. The van der Waals surface area contributed by atoms with Crippen molar-refractivity contribution >= 4 is 6.21 Å². The zero-order valence-corrected chi connectivity index (χ0v) is 6.27. The maximum absolute atomic E-state index is 9.13. The van der Waals surface area contributed by atoms with Crippen LogP contribution in [0.3, 0.4) is 0 Å². The Labute approximate surface area is 69.6 Å². The largest absolute Gasteiger partial charge is 0.508 e. The molecule has 0 atom stereocenters. The first-order valence-corrected chi connectivity index (χ1v) is 3.54. The van der Waals surface area contributed by atoms with Crippen LogP contribution in [0.15, 0.2) is 35.7 Å². The van der Waals surface area contributed by atoms with Gasteiger partial charge in [0.2, 0.25) is 0 Å². The second kappa shape index (κ2) is 2.70. The van der Waals surface area contributed by atoms with Crippen LogP contribution in [0.1, 0.15) is 5.56 Å². The van der Waals surface area contributed by atoms with E-state index < -0.39 is 0 Å². The molecule has 0 bridgehead atoms. The molecule has 2 rings (SSSR count). The summed E-state index contributed by atoms with van der Waals surface area (Å²) in [5, 5.41) is 9.13. The molecule has 1 heterocycles. The van der Waals surface area contributed by atoms with Crippen LogP contribution in [-0.4, -0.2) is 11.3 Å². The van der Waals surface area contributed by atoms with Crippen LogP contribution in [0, 0.1) is 0 Å². The topological polar surface area (TPSA) is 41.8 Å². The Balaban J connectivity index is 2.53. The minimum absolute atomic E-state index is 0.192. The van der Waals surface area contributed by atoms with Crippen LogP contribution in [0.25, 0.3) is 0 Å². The number of aliphatic imine (C=N–C) groups is 1. The molecule has 0 aliphatic carbocycles. The Morgan fingerprint density at radius 3 is 3.17 bits per heavy atom. The SMILES string of the molecule is Oc1ccc2c(c1)OC=CN=C2. The van der Waals surface area contributed by atoms with Crippen molar-refractivity contribution < 1.29 is 9.84 Å². The van der Waals surface area contributed by atoms with E-state index in [4.69, 9.17) is 9.84 Å². The Hall–Kier alpha value is -1.77. The second-order valence-corrected chi connectivity index (χ2v) is 2.40. The minimum atomic E-state index is 0.192. The third-order valence-electron chi connectivity index (χ3n) is 1.55. The number of hydrogen-bond acceptors (Lipinski definition) is 3. The van der Waals surface area contributed by atoms with E-state index in [9.17, 15) is 0 Å². The van der Waals surface area contributed by atoms with Gasteiger partial charge in [0.25, 0.3) is 0 Å². The third kappa shape index (κ3) is 1.16. The van der Waals surface area contributed by atoms with E-state index in [1.165, 1.54) is 6.26 Å². The van der Waals surface area contributed by atoms with E-state index >= 15 is 0 Å². The molecule has 0 unspecified atom stereocenters. The number of fused-ring (bicyclic) bond motifs is 1. The summed E-state index contributed by atoms with van der Waals surface area (Å²) in [7, 11) is 0. The molecule has 12 heavy (non-hydrogen) atoms. The molecule has 3 heteroatoms. The predicted molar refractivity (Wildman–Crippen MR) is 45.5 cm³/mol. The highest BCUT2D eigenvalue weighted by Crippen LogP contribution is 2.23. The van der Waals surface area contributed by atoms with Crippen molar-refractivity contribution in [2.75, 3.05) is 0 Å². The molecule has 1 aromatic rings. The van der Waals surface area contributed by atoms with Gasteiger partial charge in [-0.15, -0.1) is 0 Å². The fourth-order valence-corrected chi connectivity index (χ4v) is 0.994. The molecule has 0 saturated heterocycles. The van der Waals surface area contributed by atoms with E-state index in [1.807, 2.05) is 0 Å². The Morgan fingerprint density at radius 2 is 2.25 bits per heavy atom. The molecular formula is C9H7NO2. The van der Waals surface area contributed by atoms with Gasteiger partial charge in [0, 0.05) is 17.8 Å². The van der Waals surface area contributed by atoms with Crippen molar-refractivity contribution in [2.24, 2.45) is 4.99 Å². The fraction of sp³-hybridized carbons (Fsp3) is 0. The van der Waals surface area contributed by atoms with Crippen LogP contribution in [-0.2, 0) is 0 Å². The molecule has 0 fully saturated rings. The quantitative estimate of drug-likeness (QED) is 0.628. The lowest BCUT2D eigenvalue weighted by atomic mass is 10.2. The van der Waals surface area contributed by atoms with Crippen molar-refractivity contribution in [2.45, 2.75) is 0 Å². The van der Waals surface area contributed by atoms with E-state index in [0.717, 1.165) is 5.56 Å². The molecule has 0 amide bonds. The van der Waals surface area contributed by atoms with E-state index in [1.54, 1.807) is 30.6 Å². The van der Waals surface area contributed by atoms with Gasteiger partial charge in [-0.3, -0.25) is 4.99 Å². The third-order valence-corrected chi connectivity index (χ3v) is 1.55. The van der Waals surface area contributed by atoms with Gasteiger partial charge in [-0.1, -0.05) is 0 Å². The lowest BCUT2D eigenvalue weighted by Crippen LogP contribution is -1.86. The summed E-state index contributed by atoms with van der Waals surface area (Å²) in [6.07, 6.45) is 4.71. The molecule has 1 aliphatic rings. The second-order valence-electron chi connectivity index (χ2n) is 2.40. The summed E-state index contributed by atoms with van der Waals surface area (Å²) < 4.78 is 5.16. The molecular weight excluding hydrogens is 154 g/mol. The van der Waals surface area contributed by atoms with E-state index in [2.05, 4.69) is 4.99 Å². The summed E-state index contributed by atoms with van der Waals surface area (Å²) >= 11 is 0. The van der Waals surface area contributed by atoms with Crippen LogP contribution >= 0.6 is 0 Å². The molecule has 0 saturated carbocycles. The van der Waals surface area contributed by atoms with Gasteiger partial charge in [-0.25, -0.2) is 0 Å². The molecule has 1 aromatic carbocycles. The van der Waals surface area contributed by atoms with Crippen molar-refractivity contribution in [3.05, 3.63) is 36.2 Å². The van der Waals surface area contributed by atoms with E-state index in [-0.39, 0.29) is 5.75 Å². The molecule has 1 N–H and O–H groups in total. The monoisotopic (exact) mass is 161 g/mol. The first-order valence-electron chi connectivity index (χ1n) is 3.54. The normalized spacial score (nSPS) is 13.3. The number of phenolic OH excluding ortho intramolecular Hbond substituents is 1. The van der Waals surface area contributed by atoms with Gasteiger partial charge >= 0.3 is 0 Å². The van der Waals surface area contributed by atoms with Crippen molar-refractivity contribution in [1.29, 1.82) is 0 Å². The first kappa shape index (κ1) is 6.91. The minimum Gasteiger partial charge on any atom is -0.508 e. The first-order chi connectivity index (χ1) is 5.86. The summed E-state index contributed by atoms with van der Waals surface area (Å²) in [4.78, 5) is 3.93. The number of aromatic hydroxyl groups is 1. The zero-order valence-electron chi connectivity index (χ0n) is 6.27. The van der Waals surface area contributed by atoms with Gasteiger partial charge < -0.3 is 9.84 Å². The average Bonchev–Trinajstić information content (AvgIpc) is 2.28. The lowest BCUT2D eigenvalue weighted by Gasteiger charge is -2.02. The number of hydrogen-bond donors (Lipinski definition) is 1. The number of phenols is 1. The van der Waals surface area contributed by atoms with Crippen molar-refractivity contribution in [3.63, 3.8) is 0 Å².